The summed E-state index contributed by atoms with van der Waals surface area (Å²) in [6.07, 6.45) is -1.10. The zero-order valence-electron chi connectivity index (χ0n) is 8.24. The lowest BCUT2D eigenvalue weighted by Crippen LogP contribution is -2.06. The first-order valence-electron chi connectivity index (χ1n) is 4.66. The number of unbranched alkanes of at least 4 members (excludes halogenated alkanes) is 1. The van der Waals surface area contributed by atoms with Crippen molar-refractivity contribution in [3.8, 4) is 0 Å². The quantitative estimate of drug-likeness (QED) is 0.771. The van der Waals surface area contributed by atoms with Crippen molar-refractivity contribution in [2.24, 2.45) is 0 Å². The molecule has 1 rings (SSSR count). The third kappa shape index (κ3) is 3.38. The van der Waals surface area contributed by atoms with E-state index in [1.807, 2.05) is 6.92 Å². The second-order valence-electron chi connectivity index (χ2n) is 3.25. The van der Waals surface area contributed by atoms with E-state index in [1.54, 1.807) is 0 Å². The first-order valence-corrected chi connectivity index (χ1v) is 5.04. The van der Waals surface area contributed by atoms with Gasteiger partial charge < -0.3 is 0 Å². The van der Waals surface area contributed by atoms with E-state index in [9.17, 15) is 13.2 Å². The predicted molar refractivity (Wildman–Crippen MR) is 52.9 cm³/mol. The molecule has 0 atom stereocenters. The van der Waals surface area contributed by atoms with E-state index in [1.165, 1.54) is 0 Å². The molecule has 1 aromatic rings. The van der Waals surface area contributed by atoms with Crippen molar-refractivity contribution in [1.29, 1.82) is 0 Å². The molecule has 0 spiro atoms. The standard InChI is InChI=1S/C10H11ClF3N/c1-2-3-4-9-8(11)5-7(6-15-9)10(12,13)14/h5-6H,2-4H2,1H3. The minimum absolute atomic E-state index is 0.0956. The van der Waals surface area contributed by atoms with Crippen LogP contribution in [0.3, 0.4) is 0 Å². The van der Waals surface area contributed by atoms with Crippen LogP contribution < -0.4 is 0 Å². The van der Waals surface area contributed by atoms with Crippen molar-refractivity contribution in [3.63, 3.8) is 0 Å². The summed E-state index contributed by atoms with van der Waals surface area (Å²) in [5.74, 6) is 0. The van der Waals surface area contributed by atoms with Crippen LogP contribution in [0.5, 0.6) is 0 Å². The molecule has 0 aliphatic rings. The second-order valence-corrected chi connectivity index (χ2v) is 3.66. The molecule has 0 unspecified atom stereocenters. The van der Waals surface area contributed by atoms with Gasteiger partial charge in [0.25, 0.3) is 0 Å². The van der Waals surface area contributed by atoms with Crippen LogP contribution in [0.25, 0.3) is 0 Å². The van der Waals surface area contributed by atoms with Crippen LogP contribution in [0.15, 0.2) is 12.3 Å². The number of alkyl halides is 3. The molecule has 1 aromatic heterocycles. The van der Waals surface area contributed by atoms with E-state index < -0.39 is 11.7 Å². The Balaban J connectivity index is 2.88. The van der Waals surface area contributed by atoms with Crippen LogP contribution in [0.4, 0.5) is 13.2 Å². The highest BCUT2D eigenvalue weighted by molar-refractivity contribution is 6.31. The molecular weight excluding hydrogens is 227 g/mol. The Morgan fingerprint density at radius 2 is 2.07 bits per heavy atom. The van der Waals surface area contributed by atoms with Gasteiger partial charge in [0.2, 0.25) is 0 Å². The Kier molecular flexibility index (Phi) is 3.97. The molecular formula is C10H11ClF3N. The average molecular weight is 238 g/mol. The smallest absolute Gasteiger partial charge is 0.259 e. The highest BCUT2D eigenvalue weighted by Crippen LogP contribution is 2.31. The van der Waals surface area contributed by atoms with Crippen molar-refractivity contribution in [2.45, 2.75) is 32.4 Å². The highest BCUT2D eigenvalue weighted by atomic mass is 35.5. The number of aryl methyl sites for hydroxylation is 1. The van der Waals surface area contributed by atoms with Crippen LogP contribution in [-0.4, -0.2) is 4.98 Å². The van der Waals surface area contributed by atoms with E-state index in [2.05, 4.69) is 4.98 Å². The van der Waals surface area contributed by atoms with Crippen LogP contribution >= 0.6 is 11.6 Å². The summed E-state index contributed by atoms with van der Waals surface area (Å²) in [6.45, 7) is 2.00. The fourth-order valence-corrected chi connectivity index (χ4v) is 1.41. The van der Waals surface area contributed by atoms with Gasteiger partial charge in [-0.15, -0.1) is 0 Å². The maximum Gasteiger partial charge on any atom is 0.417 e. The van der Waals surface area contributed by atoms with Crippen LogP contribution in [-0.2, 0) is 12.6 Å². The minimum Gasteiger partial charge on any atom is -0.259 e. The minimum atomic E-state index is -4.38. The van der Waals surface area contributed by atoms with Gasteiger partial charge in [-0.1, -0.05) is 24.9 Å². The zero-order valence-corrected chi connectivity index (χ0v) is 8.99. The highest BCUT2D eigenvalue weighted by Gasteiger charge is 2.31. The number of halogens is 4. The van der Waals surface area contributed by atoms with Gasteiger partial charge in [-0.25, -0.2) is 0 Å². The molecule has 0 fully saturated rings. The van der Waals surface area contributed by atoms with E-state index in [0.29, 0.717) is 12.1 Å². The number of aromatic nitrogens is 1. The summed E-state index contributed by atoms with van der Waals surface area (Å²) in [4.78, 5) is 3.73. The number of nitrogens with zero attached hydrogens (tertiary/aromatic N) is 1. The Hall–Kier alpha value is -0.770. The molecule has 5 heteroatoms. The molecule has 0 N–H and O–H groups in total. The van der Waals surface area contributed by atoms with Gasteiger partial charge >= 0.3 is 6.18 Å². The van der Waals surface area contributed by atoms with Crippen molar-refractivity contribution >= 4 is 11.6 Å². The van der Waals surface area contributed by atoms with E-state index in [4.69, 9.17) is 11.6 Å². The Morgan fingerprint density at radius 1 is 1.40 bits per heavy atom. The zero-order chi connectivity index (χ0) is 11.5. The summed E-state index contributed by atoms with van der Waals surface area (Å²) in [7, 11) is 0. The van der Waals surface area contributed by atoms with E-state index in [-0.39, 0.29) is 5.02 Å². The van der Waals surface area contributed by atoms with Crippen molar-refractivity contribution < 1.29 is 13.2 Å². The van der Waals surface area contributed by atoms with Crippen LogP contribution in [0.2, 0.25) is 5.02 Å². The molecule has 0 saturated heterocycles. The molecule has 15 heavy (non-hydrogen) atoms. The van der Waals surface area contributed by atoms with Crippen molar-refractivity contribution in [1.82, 2.24) is 4.98 Å². The summed E-state index contributed by atoms with van der Waals surface area (Å²) >= 11 is 5.71. The molecule has 0 aromatic carbocycles. The fraction of sp³-hybridized carbons (Fsp3) is 0.500. The Bertz CT molecular complexity index is 336. The van der Waals surface area contributed by atoms with Crippen LogP contribution in [0.1, 0.15) is 31.0 Å². The molecule has 1 nitrogen and oxygen atoms in total. The Labute approximate surface area is 91.3 Å². The summed E-state index contributed by atoms with van der Waals surface area (Å²) in [5, 5.41) is 0.0956. The van der Waals surface area contributed by atoms with Gasteiger partial charge in [0.05, 0.1) is 16.3 Å². The SMILES string of the molecule is CCCCc1ncc(C(F)(F)F)cc1Cl. The lowest BCUT2D eigenvalue weighted by atomic mass is 10.1. The molecule has 0 aliphatic carbocycles. The third-order valence-corrected chi connectivity index (χ3v) is 2.34. The number of hydrogen-bond acceptors (Lipinski definition) is 1. The number of pyridine rings is 1. The lowest BCUT2D eigenvalue weighted by Gasteiger charge is -2.08. The van der Waals surface area contributed by atoms with E-state index in [0.717, 1.165) is 25.1 Å². The van der Waals surface area contributed by atoms with Gasteiger partial charge in [-0.2, -0.15) is 13.2 Å². The predicted octanol–water partition coefficient (Wildman–Crippen LogP) is 4.10. The molecule has 0 amide bonds. The van der Waals surface area contributed by atoms with Gasteiger partial charge in [-0.3, -0.25) is 4.98 Å². The van der Waals surface area contributed by atoms with Gasteiger partial charge in [-0.05, 0) is 18.9 Å². The first kappa shape index (κ1) is 12.3. The molecule has 84 valence electrons. The van der Waals surface area contributed by atoms with Crippen molar-refractivity contribution in [3.05, 3.63) is 28.5 Å². The normalized spacial score (nSPS) is 11.8. The summed E-state index contributed by atoms with van der Waals surface area (Å²) in [6, 6.07) is 0.930. The average Bonchev–Trinajstić information content (AvgIpc) is 2.14. The fourth-order valence-electron chi connectivity index (χ4n) is 1.15. The third-order valence-electron chi connectivity index (χ3n) is 2.01. The summed E-state index contributed by atoms with van der Waals surface area (Å²) in [5.41, 5.74) is -0.265. The molecule has 0 saturated carbocycles. The van der Waals surface area contributed by atoms with Gasteiger partial charge in [0.15, 0.2) is 0 Å². The maximum atomic E-state index is 12.3. The molecule has 0 radical (unpaired) electrons. The maximum absolute atomic E-state index is 12.3. The second kappa shape index (κ2) is 4.84. The number of rotatable bonds is 3. The largest absolute Gasteiger partial charge is 0.417 e. The van der Waals surface area contributed by atoms with Gasteiger partial charge in [0.1, 0.15) is 0 Å². The Morgan fingerprint density at radius 3 is 2.53 bits per heavy atom. The topological polar surface area (TPSA) is 12.9 Å². The summed E-state index contributed by atoms with van der Waals surface area (Å²) < 4.78 is 36.8. The van der Waals surface area contributed by atoms with E-state index >= 15 is 0 Å². The lowest BCUT2D eigenvalue weighted by molar-refractivity contribution is -0.137. The monoisotopic (exact) mass is 237 g/mol. The molecule has 0 bridgehead atoms. The number of hydrogen-bond donors (Lipinski definition) is 0. The van der Waals surface area contributed by atoms with Crippen molar-refractivity contribution in [2.75, 3.05) is 0 Å². The molecule has 0 aliphatic heterocycles. The first-order chi connectivity index (χ1) is 6.95. The van der Waals surface area contributed by atoms with Crippen LogP contribution in [0, 0.1) is 0 Å². The van der Waals surface area contributed by atoms with Gasteiger partial charge in [0, 0.05) is 6.20 Å². The molecule has 1 heterocycles.